The lowest BCUT2D eigenvalue weighted by molar-refractivity contribution is -0.133. The van der Waals surface area contributed by atoms with Crippen molar-refractivity contribution in [3.63, 3.8) is 0 Å². The molecule has 22 heavy (non-hydrogen) atoms. The fraction of sp³-hybridized carbons (Fsp3) is 0.462. The Bertz CT molecular complexity index is 701. The van der Waals surface area contributed by atoms with Gasteiger partial charge in [-0.15, -0.1) is 0 Å². The van der Waals surface area contributed by atoms with Crippen LogP contribution in [0.2, 0.25) is 5.02 Å². The smallest absolute Gasteiger partial charge is 0.277 e. The first-order chi connectivity index (χ1) is 10.3. The van der Waals surface area contributed by atoms with E-state index in [1.165, 1.54) is 4.31 Å². The minimum atomic E-state index is -3.68. The molecule has 9 heteroatoms. The van der Waals surface area contributed by atoms with Crippen LogP contribution in [0.25, 0.3) is 0 Å². The van der Waals surface area contributed by atoms with Crippen LogP contribution in [0.1, 0.15) is 5.56 Å². The number of amides is 1. The zero-order valence-electron chi connectivity index (χ0n) is 11.8. The zero-order chi connectivity index (χ0) is 15.9. The molecule has 0 saturated carbocycles. The lowest BCUT2D eigenvalue weighted by Gasteiger charge is -2.34. The Hall–Kier alpha value is -1.35. The van der Waals surface area contributed by atoms with E-state index in [1.54, 1.807) is 11.0 Å². The molecule has 1 amide bonds. The van der Waals surface area contributed by atoms with Crippen LogP contribution in [0.5, 0.6) is 0 Å². The highest BCUT2D eigenvalue weighted by molar-refractivity contribution is 7.86. The molecule has 3 N–H and O–H groups in total. The summed E-state index contributed by atoms with van der Waals surface area (Å²) in [7, 11) is -3.68. The number of fused-ring (bicyclic) bond motifs is 1. The van der Waals surface area contributed by atoms with Crippen molar-refractivity contribution in [1.29, 1.82) is 0 Å². The predicted molar refractivity (Wildman–Crippen MR) is 83.8 cm³/mol. The average molecular weight is 345 g/mol. The van der Waals surface area contributed by atoms with Crippen molar-refractivity contribution in [3.05, 3.63) is 28.8 Å². The molecule has 1 aromatic carbocycles. The molecule has 1 aromatic rings. The standard InChI is InChI=1S/C13H17ClN4O3S/c14-10-1-2-11-9(7-10)8-12(16-11)13(19)17-3-5-18(6-4-17)22(15,20)21/h1-2,7,12,16H,3-6,8H2,(H2,15,20,21). The van der Waals surface area contributed by atoms with Gasteiger partial charge in [-0.25, -0.2) is 5.14 Å². The van der Waals surface area contributed by atoms with Crippen LogP contribution < -0.4 is 10.5 Å². The number of halogens is 1. The molecule has 0 bridgehead atoms. The molecule has 1 fully saturated rings. The van der Waals surface area contributed by atoms with Gasteiger partial charge in [0.2, 0.25) is 5.91 Å². The van der Waals surface area contributed by atoms with Crippen molar-refractivity contribution in [2.24, 2.45) is 5.14 Å². The maximum atomic E-state index is 12.5. The van der Waals surface area contributed by atoms with Gasteiger partial charge in [0.1, 0.15) is 6.04 Å². The minimum Gasteiger partial charge on any atom is -0.373 e. The number of anilines is 1. The fourth-order valence-corrected chi connectivity index (χ4v) is 3.73. The number of piperazine rings is 1. The highest BCUT2D eigenvalue weighted by Crippen LogP contribution is 2.29. The summed E-state index contributed by atoms with van der Waals surface area (Å²) in [5.74, 6) is -0.0265. The van der Waals surface area contributed by atoms with Crippen LogP contribution in [0.3, 0.4) is 0 Å². The molecule has 7 nitrogen and oxygen atoms in total. The topological polar surface area (TPSA) is 95.7 Å². The number of nitrogens with two attached hydrogens (primary N) is 1. The zero-order valence-corrected chi connectivity index (χ0v) is 13.4. The van der Waals surface area contributed by atoms with Crippen LogP contribution in [0.4, 0.5) is 5.69 Å². The third-order valence-corrected chi connectivity index (χ3v) is 5.35. The Labute approximate surface area is 134 Å². The molecule has 1 atom stereocenters. The van der Waals surface area contributed by atoms with Gasteiger partial charge in [0.15, 0.2) is 0 Å². The predicted octanol–water partition coefficient (Wildman–Crippen LogP) is 0.0243. The number of hydrogen-bond donors (Lipinski definition) is 2. The third kappa shape index (κ3) is 3.05. The highest BCUT2D eigenvalue weighted by atomic mass is 35.5. The summed E-state index contributed by atoms with van der Waals surface area (Å²) in [4.78, 5) is 14.2. The Morgan fingerprint density at radius 1 is 1.27 bits per heavy atom. The third-order valence-electron chi connectivity index (χ3n) is 4.03. The second-order valence-corrected chi connectivity index (χ2v) is 7.45. The number of benzene rings is 1. The molecule has 1 saturated heterocycles. The summed E-state index contributed by atoms with van der Waals surface area (Å²) in [6.45, 7) is 1.17. The summed E-state index contributed by atoms with van der Waals surface area (Å²) in [5, 5.41) is 8.94. The van der Waals surface area contributed by atoms with Crippen molar-refractivity contribution < 1.29 is 13.2 Å². The van der Waals surface area contributed by atoms with Crippen molar-refractivity contribution in [2.45, 2.75) is 12.5 Å². The van der Waals surface area contributed by atoms with Crippen LogP contribution in [0.15, 0.2) is 18.2 Å². The van der Waals surface area contributed by atoms with Crippen LogP contribution >= 0.6 is 11.6 Å². The van der Waals surface area contributed by atoms with Crippen molar-refractivity contribution >= 4 is 33.4 Å². The molecule has 2 aliphatic heterocycles. The monoisotopic (exact) mass is 344 g/mol. The number of carbonyl (C=O) groups is 1. The van der Waals surface area contributed by atoms with E-state index in [2.05, 4.69) is 5.32 Å². The first kappa shape index (κ1) is 15.5. The molecule has 2 aliphatic rings. The Kier molecular flexibility index (Phi) is 4.02. The molecule has 3 rings (SSSR count). The van der Waals surface area contributed by atoms with Gasteiger partial charge in [-0.1, -0.05) is 11.6 Å². The van der Waals surface area contributed by atoms with Gasteiger partial charge in [-0.2, -0.15) is 12.7 Å². The maximum Gasteiger partial charge on any atom is 0.277 e. The van der Waals surface area contributed by atoms with Crippen LogP contribution in [-0.4, -0.2) is 55.8 Å². The number of carbonyl (C=O) groups excluding carboxylic acids is 1. The fourth-order valence-electron chi connectivity index (χ4n) is 2.86. The van der Waals surface area contributed by atoms with E-state index in [9.17, 15) is 13.2 Å². The van der Waals surface area contributed by atoms with E-state index < -0.39 is 10.2 Å². The summed E-state index contributed by atoms with van der Waals surface area (Å²) in [5.41, 5.74) is 1.94. The minimum absolute atomic E-state index is 0.0265. The Morgan fingerprint density at radius 2 is 1.95 bits per heavy atom. The van der Waals surface area contributed by atoms with Gasteiger partial charge in [0, 0.05) is 43.3 Å². The van der Waals surface area contributed by atoms with E-state index in [0.717, 1.165) is 11.3 Å². The van der Waals surface area contributed by atoms with E-state index in [1.807, 2.05) is 12.1 Å². The normalized spacial score (nSPS) is 22.3. The molecule has 2 heterocycles. The second kappa shape index (κ2) is 5.69. The maximum absolute atomic E-state index is 12.5. The van der Waals surface area contributed by atoms with Crippen molar-refractivity contribution in [1.82, 2.24) is 9.21 Å². The first-order valence-electron chi connectivity index (χ1n) is 6.96. The summed E-state index contributed by atoms with van der Waals surface area (Å²) in [6.07, 6.45) is 0.587. The summed E-state index contributed by atoms with van der Waals surface area (Å²) < 4.78 is 23.7. The SMILES string of the molecule is NS(=O)(=O)N1CCN(C(=O)C2Cc3cc(Cl)ccc3N2)CC1. The lowest BCUT2D eigenvalue weighted by atomic mass is 10.1. The molecular weight excluding hydrogens is 328 g/mol. The Balaban J connectivity index is 1.63. The van der Waals surface area contributed by atoms with Gasteiger partial charge < -0.3 is 10.2 Å². The van der Waals surface area contributed by atoms with Gasteiger partial charge in [-0.3, -0.25) is 4.79 Å². The highest BCUT2D eigenvalue weighted by Gasteiger charge is 2.33. The number of nitrogens with zero attached hydrogens (tertiary/aromatic N) is 2. The van der Waals surface area contributed by atoms with E-state index in [4.69, 9.17) is 16.7 Å². The van der Waals surface area contributed by atoms with E-state index in [-0.39, 0.29) is 25.0 Å². The quantitative estimate of drug-likeness (QED) is 0.791. The average Bonchev–Trinajstić information content (AvgIpc) is 2.88. The van der Waals surface area contributed by atoms with Crippen LogP contribution in [-0.2, 0) is 21.4 Å². The number of hydrogen-bond acceptors (Lipinski definition) is 4. The second-order valence-electron chi connectivity index (χ2n) is 5.47. The molecule has 1 unspecified atom stereocenters. The van der Waals surface area contributed by atoms with Crippen molar-refractivity contribution in [2.75, 3.05) is 31.5 Å². The first-order valence-corrected chi connectivity index (χ1v) is 8.84. The van der Waals surface area contributed by atoms with Crippen molar-refractivity contribution in [3.8, 4) is 0 Å². The van der Waals surface area contributed by atoms with E-state index in [0.29, 0.717) is 24.5 Å². The molecular formula is C13H17ClN4O3S. The van der Waals surface area contributed by atoms with Gasteiger partial charge >= 0.3 is 0 Å². The number of rotatable bonds is 2. The number of nitrogens with one attached hydrogen (secondary N) is 1. The molecule has 120 valence electrons. The largest absolute Gasteiger partial charge is 0.373 e. The summed E-state index contributed by atoms with van der Waals surface area (Å²) >= 11 is 5.96. The Morgan fingerprint density at radius 3 is 2.59 bits per heavy atom. The van der Waals surface area contributed by atoms with E-state index >= 15 is 0 Å². The molecule has 0 radical (unpaired) electrons. The van der Waals surface area contributed by atoms with Crippen LogP contribution in [0, 0.1) is 0 Å². The molecule has 0 aromatic heterocycles. The van der Waals surface area contributed by atoms with Gasteiger partial charge in [0.25, 0.3) is 10.2 Å². The lowest BCUT2D eigenvalue weighted by Crippen LogP contribution is -2.54. The van der Waals surface area contributed by atoms with Gasteiger partial charge in [0.05, 0.1) is 0 Å². The molecule has 0 aliphatic carbocycles. The summed E-state index contributed by atoms with van der Waals surface area (Å²) in [6, 6.07) is 5.18. The van der Waals surface area contributed by atoms with Gasteiger partial charge in [-0.05, 0) is 23.8 Å². The molecule has 0 spiro atoms.